The molecule has 0 aliphatic rings. The Labute approximate surface area is 123 Å². The Morgan fingerprint density at radius 2 is 2.15 bits per heavy atom. The lowest BCUT2D eigenvalue weighted by molar-refractivity contribution is 0.891. The molecule has 0 amide bonds. The molecule has 20 heavy (non-hydrogen) atoms. The van der Waals surface area contributed by atoms with Crippen LogP contribution in [0.4, 0.5) is 11.5 Å². The van der Waals surface area contributed by atoms with Gasteiger partial charge in [0, 0.05) is 18.3 Å². The van der Waals surface area contributed by atoms with Gasteiger partial charge in [0.25, 0.3) is 0 Å². The molecule has 0 fully saturated rings. The van der Waals surface area contributed by atoms with Crippen molar-refractivity contribution in [2.75, 3.05) is 11.9 Å². The zero-order valence-electron chi connectivity index (χ0n) is 11.5. The molecule has 0 aliphatic heterocycles. The highest BCUT2D eigenvalue weighted by molar-refractivity contribution is 6.30. The van der Waals surface area contributed by atoms with Gasteiger partial charge in [-0.05, 0) is 24.6 Å². The average Bonchev–Trinajstić information content (AvgIpc) is 2.49. The number of benzene rings is 1. The Bertz CT molecular complexity index is 649. The molecule has 1 aromatic carbocycles. The summed E-state index contributed by atoms with van der Waals surface area (Å²) in [6.07, 6.45) is 3.24. The number of aromatic nitrogens is 2. The number of hydrogen-bond acceptors (Lipinski definition) is 4. The van der Waals surface area contributed by atoms with Gasteiger partial charge >= 0.3 is 0 Å². The minimum absolute atomic E-state index is 0.486. The summed E-state index contributed by atoms with van der Waals surface area (Å²) in [5, 5.41) is 9.47. The van der Waals surface area contributed by atoms with Crippen LogP contribution in [-0.4, -0.2) is 17.0 Å². The topological polar surface area (TPSA) is 52.8 Å². The number of nitriles is 1. The number of halogens is 1. The summed E-state index contributed by atoms with van der Waals surface area (Å²) in [4.78, 5) is 10.3. The van der Waals surface area contributed by atoms with Crippen molar-refractivity contribution >= 4 is 23.1 Å². The fraction of sp³-hybridized carbons (Fsp3) is 0.267. The highest BCUT2D eigenvalue weighted by Crippen LogP contribution is 2.29. The van der Waals surface area contributed by atoms with E-state index in [9.17, 15) is 0 Å². The highest BCUT2D eigenvalue weighted by atomic mass is 35.5. The van der Waals surface area contributed by atoms with Crippen LogP contribution >= 0.6 is 11.6 Å². The van der Waals surface area contributed by atoms with Gasteiger partial charge in [0.05, 0.1) is 11.6 Å². The second kappa shape index (κ2) is 6.36. The maximum absolute atomic E-state index is 8.98. The zero-order chi connectivity index (χ0) is 14.5. The molecule has 0 unspecified atom stereocenters. The van der Waals surface area contributed by atoms with Crippen molar-refractivity contribution in [1.29, 1.82) is 5.26 Å². The van der Waals surface area contributed by atoms with E-state index in [4.69, 9.17) is 16.9 Å². The second-order valence-corrected chi connectivity index (χ2v) is 4.80. The molecule has 102 valence electrons. The Balaban J connectivity index is 2.45. The first-order valence-electron chi connectivity index (χ1n) is 6.40. The molecule has 0 aliphatic carbocycles. The summed E-state index contributed by atoms with van der Waals surface area (Å²) in [5.74, 6) is 0.780. The molecule has 0 bridgehead atoms. The Morgan fingerprint density at radius 3 is 2.85 bits per heavy atom. The second-order valence-electron chi connectivity index (χ2n) is 4.44. The van der Waals surface area contributed by atoms with Crippen molar-refractivity contribution in [2.24, 2.45) is 0 Å². The van der Waals surface area contributed by atoms with Crippen molar-refractivity contribution < 1.29 is 0 Å². The molecule has 0 saturated heterocycles. The molecule has 1 aromatic heterocycles. The van der Waals surface area contributed by atoms with Crippen molar-refractivity contribution in [2.45, 2.75) is 19.8 Å². The number of nitrogens with zero attached hydrogens (tertiary/aromatic N) is 4. The summed E-state index contributed by atoms with van der Waals surface area (Å²) in [7, 11) is 1.91. The molecule has 0 saturated carbocycles. The molecule has 5 heteroatoms. The van der Waals surface area contributed by atoms with Crippen LogP contribution in [0.5, 0.6) is 0 Å². The van der Waals surface area contributed by atoms with E-state index >= 15 is 0 Å². The largest absolute Gasteiger partial charge is 0.329 e. The number of rotatable bonds is 4. The van der Waals surface area contributed by atoms with Crippen LogP contribution in [0, 0.1) is 11.3 Å². The van der Waals surface area contributed by atoms with Crippen LogP contribution in [0.25, 0.3) is 0 Å². The van der Waals surface area contributed by atoms with E-state index in [1.165, 1.54) is 6.33 Å². The van der Waals surface area contributed by atoms with E-state index in [1.807, 2.05) is 30.1 Å². The van der Waals surface area contributed by atoms with Crippen molar-refractivity contribution in [3.63, 3.8) is 0 Å². The van der Waals surface area contributed by atoms with Crippen LogP contribution in [0.3, 0.4) is 0 Å². The lowest BCUT2D eigenvalue weighted by Crippen LogP contribution is -2.14. The normalized spacial score (nSPS) is 10.1. The predicted octanol–water partition coefficient (Wildman–Crippen LogP) is 3.72. The molecule has 0 spiro atoms. The SMILES string of the molecule is CCCc1c(Cl)ncnc1N(C)c1cccc(C#N)c1. The monoisotopic (exact) mass is 286 g/mol. The van der Waals surface area contributed by atoms with E-state index in [2.05, 4.69) is 23.0 Å². The van der Waals surface area contributed by atoms with E-state index in [1.54, 1.807) is 6.07 Å². The van der Waals surface area contributed by atoms with Gasteiger partial charge in [-0.3, -0.25) is 0 Å². The van der Waals surface area contributed by atoms with Gasteiger partial charge in [-0.2, -0.15) is 5.26 Å². The molecule has 0 radical (unpaired) electrons. The van der Waals surface area contributed by atoms with Gasteiger partial charge < -0.3 is 4.90 Å². The minimum atomic E-state index is 0.486. The summed E-state index contributed by atoms with van der Waals surface area (Å²) >= 11 is 6.17. The summed E-state index contributed by atoms with van der Waals surface area (Å²) in [6.45, 7) is 2.09. The first-order chi connectivity index (χ1) is 9.67. The number of hydrogen-bond donors (Lipinski definition) is 0. The molecular weight excluding hydrogens is 272 g/mol. The molecule has 4 nitrogen and oxygen atoms in total. The lowest BCUT2D eigenvalue weighted by Gasteiger charge is -2.21. The first kappa shape index (κ1) is 14.3. The Kier molecular flexibility index (Phi) is 4.54. The Hall–Kier alpha value is -2.12. The fourth-order valence-corrected chi connectivity index (χ4v) is 2.27. The van der Waals surface area contributed by atoms with Crippen LogP contribution in [-0.2, 0) is 6.42 Å². The smallest absolute Gasteiger partial charge is 0.140 e. The van der Waals surface area contributed by atoms with E-state index < -0.39 is 0 Å². The van der Waals surface area contributed by atoms with Crippen molar-refractivity contribution in [3.05, 3.63) is 46.9 Å². The molecule has 2 rings (SSSR count). The summed E-state index contributed by atoms with van der Waals surface area (Å²) in [6, 6.07) is 9.53. The molecular formula is C15H15ClN4. The van der Waals surface area contributed by atoms with Crippen molar-refractivity contribution in [1.82, 2.24) is 9.97 Å². The third-order valence-corrected chi connectivity index (χ3v) is 3.38. The zero-order valence-corrected chi connectivity index (χ0v) is 12.2. The summed E-state index contributed by atoms with van der Waals surface area (Å²) < 4.78 is 0. The number of anilines is 2. The average molecular weight is 287 g/mol. The van der Waals surface area contributed by atoms with Gasteiger partial charge in [0.1, 0.15) is 17.3 Å². The molecule has 2 aromatic rings. The third kappa shape index (κ3) is 2.89. The first-order valence-corrected chi connectivity index (χ1v) is 6.78. The summed E-state index contributed by atoms with van der Waals surface area (Å²) in [5.41, 5.74) is 2.45. The molecule has 0 N–H and O–H groups in total. The van der Waals surface area contributed by atoms with Gasteiger partial charge in [-0.15, -0.1) is 0 Å². The highest BCUT2D eigenvalue weighted by Gasteiger charge is 2.14. The predicted molar refractivity (Wildman–Crippen MR) is 80.3 cm³/mol. The molecule has 1 heterocycles. The van der Waals surface area contributed by atoms with Crippen LogP contribution in [0.1, 0.15) is 24.5 Å². The van der Waals surface area contributed by atoms with Crippen LogP contribution < -0.4 is 4.90 Å². The van der Waals surface area contributed by atoms with Gasteiger partial charge in [0.2, 0.25) is 0 Å². The minimum Gasteiger partial charge on any atom is -0.329 e. The van der Waals surface area contributed by atoms with Crippen LogP contribution in [0.15, 0.2) is 30.6 Å². The third-order valence-electron chi connectivity index (χ3n) is 3.05. The Morgan fingerprint density at radius 1 is 1.35 bits per heavy atom. The van der Waals surface area contributed by atoms with Crippen LogP contribution in [0.2, 0.25) is 5.15 Å². The lowest BCUT2D eigenvalue weighted by atomic mass is 10.1. The maximum atomic E-state index is 8.98. The molecule has 0 atom stereocenters. The van der Waals surface area contributed by atoms with Crippen molar-refractivity contribution in [3.8, 4) is 6.07 Å². The van der Waals surface area contributed by atoms with Gasteiger partial charge in [-0.1, -0.05) is 31.0 Å². The quantitative estimate of drug-likeness (QED) is 0.804. The van der Waals surface area contributed by atoms with Gasteiger partial charge in [-0.25, -0.2) is 9.97 Å². The fourth-order valence-electron chi connectivity index (χ4n) is 2.04. The standard InChI is InChI=1S/C15H15ClN4/c1-3-5-13-14(16)18-10-19-15(13)20(2)12-7-4-6-11(8-12)9-17/h4,6-8,10H,3,5H2,1-2H3. The van der Waals surface area contributed by atoms with E-state index in [-0.39, 0.29) is 0 Å². The van der Waals surface area contributed by atoms with E-state index in [0.717, 1.165) is 29.9 Å². The van der Waals surface area contributed by atoms with E-state index in [0.29, 0.717) is 10.7 Å². The maximum Gasteiger partial charge on any atom is 0.140 e. The van der Waals surface area contributed by atoms with Gasteiger partial charge in [0.15, 0.2) is 0 Å².